The molecule has 0 N–H and O–H groups in total. The van der Waals surface area contributed by atoms with E-state index < -0.39 is 0 Å². The summed E-state index contributed by atoms with van der Waals surface area (Å²) in [6.45, 7) is 0. The summed E-state index contributed by atoms with van der Waals surface area (Å²) in [5.41, 5.74) is 0. The van der Waals surface area contributed by atoms with E-state index in [2.05, 4.69) is 0 Å². The molecule has 0 aromatic heterocycles. The third-order valence-corrected chi connectivity index (χ3v) is 0. The van der Waals surface area contributed by atoms with Crippen LogP contribution in [0.1, 0.15) is 14.9 Å². The van der Waals surface area contributed by atoms with E-state index in [4.69, 9.17) is 0 Å². The summed E-state index contributed by atoms with van der Waals surface area (Å²) in [4.78, 5) is 0. The Morgan fingerprint density at radius 3 is 0.444 bits per heavy atom. The first-order chi connectivity index (χ1) is 0. The van der Waals surface area contributed by atoms with Crippen molar-refractivity contribution in [1.82, 2.24) is 0 Å². The maximum Gasteiger partial charge on any atom is 3.00 e. The van der Waals surface area contributed by atoms with Crippen LogP contribution in [0.2, 0.25) is 0 Å². The van der Waals surface area contributed by atoms with Crippen molar-refractivity contribution in [2.24, 2.45) is 0 Å². The van der Waals surface area contributed by atoms with Gasteiger partial charge in [-0.3, -0.25) is 0 Å². The Bertz CT molecular complexity index is 17.8. The van der Waals surface area contributed by atoms with Crippen molar-refractivity contribution in [3.8, 4) is 0 Å². The van der Waals surface area contributed by atoms with Crippen LogP contribution in [0.4, 0.5) is 0 Å². The zero-order chi connectivity index (χ0) is 0. The predicted molar refractivity (Wildman–Crippen MR) is 27.0 cm³/mol. The van der Waals surface area contributed by atoms with Crippen LogP contribution in [0.3, 0.4) is 0 Å². The van der Waals surface area contributed by atoms with E-state index in [-0.39, 0.29) is 109 Å². The molecule has 0 spiro atoms. The molecule has 0 fully saturated rings. The summed E-state index contributed by atoms with van der Waals surface area (Å²) < 4.78 is 0. The van der Waals surface area contributed by atoms with E-state index in [0.717, 1.165) is 0 Å². The normalized spacial score (nSPS) is 0. The average molecular weight is 230 g/mol. The van der Waals surface area contributed by atoms with Crippen molar-refractivity contribution < 1.29 is 59.9 Å². The minimum absolute atomic E-state index is 0. The van der Waals surface area contributed by atoms with Gasteiger partial charge in [0.25, 0.3) is 0 Å². The second-order valence-corrected chi connectivity index (χ2v) is 0. The molecule has 7 heteroatoms. The summed E-state index contributed by atoms with van der Waals surface area (Å²) in [6.07, 6.45) is 0. The van der Waals surface area contributed by atoms with Crippen LogP contribution >= 0.6 is 0 Å². The summed E-state index contributed by atoms with van der Waals surface area (Å²) in [5, 5.41) is 0. The smallest absolute Gasteiger partial charge is 2.00 e. The number of rotatable bonds is 0. The van der Waals surface area contributed by atoms with Crippen LogP contribution in [0.5, 0.6) is 0 Å². The molecule has 0 saturated carbocycles. The second kappa shape index (κ2) is 162. The number of hydrogen-bond donors (Lipinski definition) is 0. The van der Waals surface area contributed by atoms with Crippen molar-refractivity contribution in [2.75, 3.05) is 0 Å². The first kappa shape index (κ1) is 217. The van der Waals surface area contributed by atoms with Gasteiger partial charge in [-0.05, 0) is 0 Å². The van der Waals surface area contributed by atoms with E-state index in [1.807, 2.05) is 0 Å². The quantitative estimate of drug-likeness (QED) is 0.530. The molecule has 0 heterocycles. The standard InChI is InChI=1S/2CH4.2Al.3O.2Ti/h2*1H4;;;;;;;/q;;2*+3;3*-2;;. The predicted octanol–water partition coefficient (Wildman–Crippen LogP) is 0.149. The third-order valence-electron chi connectivity index (χ3n) is 0. The monoisotopic (exact) mass is 230 g/mol. The molecule has 0 aromatic rings. The molecule has 0 radical (unpaired) electrons. The molecular formula is C2H8Al2O3Ti2. The summed E-state index contributed by atoms with van der Waals surface area (Å²) in [5.74, 6) is 0. The Balaban J connectivity index is 0. The van der Waals surface area contributed by atoms with Gasteiger partial charge in [0, 0.05) is 43.4 Å². The van der Waals surface area contributed by atoms with Crippen LogP contribution in [-0.4, -0.2) is 34.7 Å². The van der Waals surface area contributed by atoms with E-state index >= 15 is 0 Å². The molecule has 0 aliphatic rings. The fourth-order valence-corrected chi connectivity index (χ4v) is 0. The van der Waals surface area contributed by atoms with Gasteiger partial charge in [0.05, 0.1) is 0 Å². The minimum Gasteiger partial charge on any atom is -2.00 e. The van der Waals surface area contributed by atoms with Gasteiger partial charge in [0.1, 0.15) is 0 Å². The zero-order valence-corrected chi connectivity index (χ0v) is 8.81. The Kier molecular flexibility index (Phi) is 3910. The Morgan fingerprint density at radius 2 is 0.444 bits per heavy atom. The van der Waals surface area contributed by atoms with Gasteiger partial charge in [-0.1, -0.05) is 14.9 Å². The van der Waals surface area contributed by atoms with Crippen LogP contribution in [-0.2, 0) is 59.9 Å². The maximum absolute atomic E-state index is 0. The molecule has 0 aliphatic heterocycles. The summed E-state index contributed by atoms with van der Waals surface area (Å²) in [6, 6.07) is 0. The van der Waals surface area contributed by atoms with Crippen molar-refractivity contribution in [1.29, 1.82) is 0 Å². The van der Waals surface area contributed by atoms with Crippen molar-refractivity contribution in [2.45, 2.75) is 14.9 Å². The Morgan fingerprint density at radius 1 is 0.444 bits per heavy atom. The van der Waals surface area contributed by atoms with Gasteiger partial charge in [-0.15, -0.1) is 0 Å². The molecule has 9 heavy (non-hydrogen) atoms. The Hall–Kier alpha value is 2.37. The SMILES string of the molecule is C.C.[Al+3].[Al+3].[O-2].[O-2].[O-2].[Ti].[Ti]. The average Bonchev–Trinajstić information content (AvgIpc) is 0. The van der Waals surface area contributed by atoms with Crippen molar-refractivity contribution in [3.63, 3.8) is 0 Å². The van der Waals surface area contributed by atoms with E-state index in [1.165, 1.54) is 0 Å². The van der Waals surface area contributed by atoms with Gasteiger partial charge in [-0.25, -0.2) is 0 Å². The van der Waals surface area contributed by atoms with Crippen LogP contribution in [0.15, 0.2) is 0 Å². The van der Waals surface area contributed by atoms with Crippen LogP contribution < -0.4 is 0 Å². The van der Waals surface area contributed by atoms with E-state index in [1.54, 1.807) is 0 Å². The van der Waals surface area contributed by atoms with Gasteiger partial charge in [0.2, 0.25) is 0 Å². The van der Waals surface area contributed by atoms with E-state index in [0.29, 0.717) is 0 Å². The maximum atomic E-state index is 0. The van der Waals surface area contributed by atoms with E-state index in [9.17, 15) is 0 Å². The molecule has 0 saturated heterocycles. The third kappa shape index (κ3) is 129. The molecule has 0 rings (SSSR count). The summed E-state index contributed by atoms with van der Waals surface area (Å²) in [7, 11) is 0. The van der Waals surface area contributed by atoms with Gasteiger partial charge < -0.3 is 16.4 Å². The second-order valence-electron chi connectivity index (χ2n) is 0. The Labute approximate surface area is 108 Å². The molecule has 0 bridgehead atoms. The van der Waals surface area contributed by atoms with Crippen molar-refractivity contribution in [3.05, 3.63) is 0 Å². The molecular weight excluding hydrogens is 222 g/mol. The van der Waals surface area contributed by atoms with Gasteiger partial charge in [0.15, 0.2) is 0 Å². The largest absolute Gasteiger partial charge is 3.00 e. The first-order valence-electron chi connectivity index (χ1n) is 0. The summed E-state index contributed by atoms with van der Waals surface area (Å²) >= 11 is 0. The molecule has 0 unspecified atom stereocenters. The van der Waals surface area contributed by atoms with Crippen LogP contribution in [0.25, 0.3) is 0 Å². The molecule has 0 atom stereocenters. The van der Waals surface area contributed by atoms with Gasteiger partial charge in [-0.2, -0.15) is 0 Å². The van der Waals surface area contributed by atoms with Crippen molar-refractivity contribution >= 4 is 34.7 Å². The van der Waals surface area contributed by atoms with Gasteiger partial charge >= 0.3 is 34.7 Å². The topological polar surface area (TPSA) is 85.5 Å². The zero-order valence-electron chi connectivity index (χ0n) is 3.38. The fraction of sp³-hybridized carbons (Fsp3) is 1.00. The molecule has 0 aromatic carbocycles. The molecule has 3 nitrogen and oxygen atoms in total. The first-order valence-corrected chi connectivity index (χ1v) is 0. The molecule has 48 valence electrons. The molecule has 0 aliphatic carbocycles. The molecule has 0 amide bonds. The van der Waals surface area contributed by atoms with Crippen LogP contribution in [0, 0.1) is 0 Å². The number of hydrogen-bond acceptors (Lipinski definition) is 0. The fourth-order valence-electron chi connectivity index (χ4n) is 0. The minimum atomic E-state index is 0.